The predicted octanol–water partition coefficient (Wildman–Crippen LogP) is 0.871. The summed E-state index contributed by atoms with van der Waals surface area (Å²) in [7, 11) is 0. The molecule has 1 aromatic carbocycles. The van der Waals surface area contributed by atoms with Crippen LogP contribution in [0, 0.1) is 10.1 Å². The molecule has 1 rings (SSSR count). The van der Waals surface area contributed by atoms with Crippen LogP contribution in [-0.2, 0) is 19.1 Å². The fraction of sp³-hybridized carbons (Fsp3) is 0.400. The quantitative estimate of drug-likeness (QED) is 0.286. The number of amides is 2. The second-order valence-electron chi connectivity index (χ2n) is 4.85. The van der Waals surface area contributed by atoms with Crippen LogP contribution in [0.5, 0.6) is 0 Å². The lowest BCUT2D eigenvalue weighted by molar-refractivity contribution is -0.384. The first kappa shape index (κ1) is 20.4. The molecular formula is C15H19N3O6S. The number of rotatable bonds is 9. The van der Waals surface area contributed by atoms with Crippen molar-refractivity contribution >= 4 is 35.2 Å². The maximum atomic E-state index is 11.9. The molecule has 0 spiro atoms. The predicted molar refractivity (Wildman–Crippen MR) is 91.1 cm³/mol. The van der Waals surface area contributed by atoms with Gasteiger partial charge in [-0.2, -0.15) is 0 Å². The van der Waals surface area contributed by atoms with E-state index in [1.165, 1.54) is 24.3 Å². The number of carbonyl (C=O) groups is 3. The molecule has 2 N–H and O–H groups in total. The zero-order chi connectivity index (χ0) is 18.8. The molecule has 2 amide bonds. The molecule has 0 unspecified atom stereocenters. The minimum atomic E-state index is -0.600. The number of nitrogens with one attached hydrogen (secondary N) is 2. The Morgan fingerprint density at radius 1 is 1.20 bits per heavy atom. The Bertz CT molecular complexity index is 635. The Morgan fingerprint density at radius 3 is 2.40 bits per heavy atom. The van der Waals surface area contributed by atoms with Crippen LogP contribution in [0.25, 0.3) is 0 Å². The maximum Gasteiger partial charge on any atom is 0.319 e. The van der Waals surface area contributed by atoms with Gasteiger partial charge in [0.25, 0.3) is 11.6 Å². The summed E-state index contributed by atoms with van der Waals surface area (Å²) in [5.74, 6) is -1.51. The van der Waals surface area contributed by atoms with Crippen LogP contribution in [0.15, 0.2) is 29.2 Å². The van der Waals surface area contributed by atoms with Gasteiger partial charge in [-0.1, -0.05) is 0 Å². The van der Waals surface area contributed by atoms with E-state index in [1.54, 1.807) is 13.8 Å². The third kappa shape index (κ3) is 7.66. The van der Waals surface area contributed by atoms with Gasteiger partial charge in [0.05, 0.1) is 11.5 Å². The average molecular weight is 369 g/mol. The summed E-state index contributed by atoms with van der Waals surface area (Å²) < 4.78 is 4.88. The minimum absolute atomic E-state index is 0.0386. The number of thioether (sulfide) groups is 1. The summed E-state index contributed by atoms with van der Waals surface area (Å²) in [6.45, 7) is 3.15. The highest BCUT2D eigenvalue weighted by atomic mass is 32.2. The normalized spacial score (nSPS) is 11.3. The molecule has 1 aromatic rings. The van der Waals surface area contributed by atoms with Crippen LogP contribution in [0.2, 0.25) is 0 Å². The first-order valence-electron chi connectivity index (χ1n) is 7.44. The van der Waals surface area contributed by atoms with Crippen molar-refractivity contribution in [2.45, 2.75) is 24.0 Å². The van der Waals surface area contributed by atoms with Crippen LogP contribution >= 0.6 is 11.8 Å². The Hall–Kier alpha value is -2.62. The lowest BCUT2D eigenvalue weighted by atomic mass is 10.3. The van der Waals surface area contributed by atoms with E-state index < -0.39 is 28.7 Å². The second-order valence-corrected chi connectivity index (χ2v) is 6.26. The molecule has 0 aromatic heterocycles. The Labute approximate surface area is 148 Å². The van der Waals surface area contributed by atoms with E-state index in [-0.39, 0.29) is 18.1 Å². The number of benzene rings is 1. The second kappa shape index (κ2) is 10.3. The summed E-state index contributed by atoms with van der Waals surface area (Å²) in [5.41, 5.74) is -0.0386. The van der Waals surface area contributed by atoms with Gasteiger partial charge in [0.2, 0.25) is 5.91 Å². The van der Waals surface area contributed by atoms with Crippen molar-refractivity contribution in [1.29, 1.82) is 0 Å². The number of nitro benzene ring substituents is 1. The fourth-order valence-corrected chi connectivity index (χ4v) is 2.51. The van der Waals surface area contributed by atoms with Gasteiger partial charge in [0.1, 0.15) is 5.25 Å². The molecule has 0 saturated heterocycles. The SMILES string of the molecule is CCNC(=O)CNC(=O)COC(=O)[C@@H](C)Sc1ccc([N+](=O)[O-])cc1. The molecule has 0 bridgehead atoms. The van der Waals surface area contributed by atoms with Crippen LogP contribution in [0.1, 0.15) is 13.8 Å². The summed E-state index contributed by atoms with van der Waals surface area (Å²) in [6, 6.07) is 5.75. The number of hydrogen-bond acceptors (Lipinski definition) is 7. The third-order valence-corrected chi connectivity index (χ3v) is 3.95. The Kier molecular flexibility index (Phi) is 8.40. The van der Waals surface area contributed by atoms with Crippen LogP contribution < -0.4 is 10.6 Å². The first-order chi connectivity index (χ1) is 11.8. The first-order valence-corrected chi connectivity index (χ1v) is 8.32. The van der Waals surface area contributed by atoms with Gasteiger partial charge in [0, 0.05) is 23.6 Å². The number of hydrogen-bond donors (Lipinski definition) is 2. The number of carbonyl (C=O) groups excluding carboxylic acids is 3. The van der Waals surface area contributed by atoms with Crippen molar-refractivity contribution in [3.8, 4) is 0 Å². The number of likely N-dealkylation sites (N-methyl/N-ethyl adjacent to an activating group) is 1. The minimum Gasteiger partial charge on any atom is -0.455 e. The van der Waals surface area contributed by atoms with Gasteiger partial charge in [-0.05, 0) is 26.0 Å². The van der Waals surface area contributed by atoms with E-state index in [1.807, 2.05) is 0 Å². The maximum absolute atomic E-state index is 11.9. The summed E-state index contributed by atoms with van der Waals surface area (Å²) >= 11 is 1.16. The highest BCUT2D eigenvalue weighted by Gasteiger charge is 2.18. The van der Waals surface area contributed by atoms with Gasteiger partial charge in [-0.3, -0.25) is 24.5 Å². The van der Waals surface area contributed by atoms with Gasteiger partial charge < -0.3 is 15.4 Å². The van der Waals surface area contributed by atoms with E-state index in [0.717, 1.165) is 11.8 Å². The van der Waals surface area contributed by atoms with Crippen LogP contribution in [-0.4, -0.2) is 47.7 Å². The lowest BCUT2D eigenvalue weighted by Crippen LogP contribution is -2.38. The van der Waals surface area contributed by atoms with E-state index in [0.29, 0.717) is 11.4 Å². The average Bonchev–Trinajstić information content (AvgIpc) is 2.58. The molecule has 136 valence electrons. The molecule has 0 heterocycles. The van der Waals surface area contributed by atoms with Crippen molar-refractivity contribution < 1.29 is 24.0 Å². The molecule has 0 fully saturated rings. The lowest BCUT2D eigenvalue weighted by Gasteiger charge is -2.11. The van der Waals surface area contributed by atoms with Crippen molar-refractivity contribution in [3.05, 3.63) is 34.4 Å². The summed E-state index contributed by atoms with van der Waals surface area (Å²) in [4.78, 5) is 45.3. The van der Waals surface area contributed by atoms with Gasteiger partial charge in [-0.15, -0.1) is 11.8 Å². The summed E-state index contributed by atoms with van der Waals surface area (Å²) in [6.07, 6.45) is 0. The van der Waals surface area contributed by atoms with E-state index in [4.69, 9.17) is 4.74 Å². The molecule has 0 aliphatic heterocycles. The van der Waals surface area contributed by atoms with E-state index in [9.17, 15) is 24.5 Å². The molecule has 10 heteroatoms. The zero-order valence-electron chi connectivity index (χ0n) is 13.8. The Balaban J connectivity index is 2.37. The van der Waals surface area contributed by atoms with Crippen LogP contribution in [0.4, 0.5) is 5.69 Å². The van der Waals surface area contributed by atoms with Crippen molar-refractivity contribution in [2.75, 3.05) is 19.7 Å². The monoisotopic (exact) mass is 369 g/mol. The van der Waals surface area contributed by atoms with Crippen molar-refractivity contribution in [1.82, 2.24) is 10.6 Å². The number of nitrogens with zero attached hydrogens (tertiary/aromatic N) is 1. The molecule has 1 atom stereocenters. The number of non-ortho nitro benzene ring substituents is 1. The van der Waals surface area contributed by atoms with E-state index >= 15 is 0 Å². The van der Waals surface area contributed by atoms with Gasteiger partial charge in [0.15, 0.2) is 6.61 Å². The smallest absolute Gasteiger partial charge is 0.319 e. The molecule has 0 radical (unpaired) electrons. The number of esters is 1. The highest BCUT2D eigenvalue weighted by molar-refractivity contribution is 8.00. The van der Waals surface area contributed by atoms with E-state index in [2.05, 4.69) is 10.6 Å². The molecule has 0 aliphatic carbocycles. The van der Waals surface area contributed by atoms with Crippen molar-refractivity contribution in [2.24, 2.45) is 0 Å². The topological polar surface area (TPSA) is 128 Å². The third-order valence-electron chi connectivity index (χ3n) is 2.86. The van der Waals surface area contributed by atoms with Crippen molar-refractivity contribution in [3.63, 3.8) is 0 Å². The number of ether oxygens (including phenoxy) is 1. The molecule has 9 nitrogen and oxygen atoms in total. The highest BCUT2D eigenvalue weighted by Crippen LogP contribution is 2.25. The molecule has 0 aliphatic rings. The largest absolute Gasteiger partial charge is 0.455 e. The standard InChI is InChI=1S/C15H19N3O6S/c1-3-16-13(19)8-17-14(20)9-24-15(21)10(2)25-12-6-4-11(5-7-12)18(22)23/h4-7,10H,3,8-9H2,1-2H3,(H,16,19)(H,17,20)/t10-/m1/s1. The number of nitro groups is 1. The van der Waals surface area contributed by atoms with Crippen LogP contribution in [0.3, 0.4) is 0 Å². The molecular weight excluding hydrogens is 350 g/mol. The van der Waals surface area contributed by atoms with Gasteiger partial charge in [-0.25, -0.2) is 0 Å². The molecule has 25 heavy (non-hydrogen) atoms. The molecule has 0 saturated carbocycles. The zero-order valence-corrected chi connectivity index (χ0v) is 14.6. The Morgan fingerprint density at radius 2 is 1.84 bits per heavy atom. The van der Waals surface area contributed by atoms with Gasteiger partial charge >= 0.3 is 5.97 Å². The fourth-order valence-electron chi connectivity index (χ4n) is 1.64. The summed E-state index contributed by atoms with van der Waals surface area (Å²) in [5, 5.41) is 14.8.